The van der Waals surface area contributed by atoms with Crippen molar-refractivity contribution in [2.24, 2.45) is 0 Å². The Morgan fingerprint density at radius 1 is 1.33 bits per heavy atom. The lowest BCUT2D eigenvalue weighted by Crippen LogP contribution is -2.27. The number of hydrogen-bond donors (Lipinski definition) is 1. The zero-order chi connectivity index (χ0) is 19.8. The van der Waals surface area contributed by atoms with Gasteiger partial charge < -0.3 is 4.74 Å². The van der Waals surface area contributed by atoms with Crippen LogP contribution in [-0.2, 0) is 11.2 Å². The molecule has 1 amide bonds. The highest BCUT2D eigenvalue weighted by molar-refractivity contribution is 6.31. The summed E-state index contributed by atoms with van der Waals surface area (Å²) in [6.07, 6.45) is 6.43. The molecule has 0 fully saturated rings. The Morgan fingerprint density at radius 2 is 2.07 bits per heavy atom. The van der Waals surface area contributed by atoms with E-state index in [1.165, 1.54) is 6.07 Å². The number of terminal acetylenes is 1. The second kappa shape index (κ2) is 7.13. The molecule has 1 atom stereocenters. The number of fused-ring (bicyclic) bond motifs is 1. The summed E-state index contributed by atoms with van der Waals surface area (Å²) in [6.45, 7) is 5.37. The van der Waals surface area contributed by atoms with Crippen LogP contribution in [0.1, 0.15) is 38.9 Å². The lowest BCUT2D eigenvalue weighted by Gasteiger charge is -2.20. The summed E-state index contributed by atoms with van der Waals surface area (Å²) in [5.74, 6) is 2.66. The maximum absolute atomic E-state index is 12.6. The summed E-state index contributed by atoms with van der Waals surface area (Å²) in [5.41, 5.74) is 1.95. The van der Waals surface area contributed by atoms with E-state index in [0.29, 0.717) is 21.8 Å². The molecular weight excluding hydrogens is 364 g/mol. The van der Waals surface area contributed by atoms with Crippen molar-refractivity contribution >= 4 is 23.4 Å². The van der Waals surface area contributed by atoms with E-state index in [0.717, 1.165) is 18.5 Å². The first kappa shape index (κ1) is 19.1. The van der Waals surface area contributed by atoms with Gasteiger partial charge in [-0.3, -0.25) is 14.7 Å². The van der Waals surface area contributed by atoms with Crippen LogP contribution < -0.4 is 10.9 Å². The van der Waals surface area contributed by atoms with E-state index >= 15 is 0 Å². The van der Waals surface area contributed by atoms with E-state index in [-0.39, 0.29) is 11.6 Å². The Kier molecular flexibility index (Phi) is 5.03. The molecule has 0 radical (unpaired) electrons. The fourth-order valence-electron chi connectivity index (χ4n) is 3.19. The smallest absolute Gasteiger partial charge is 0.412 e. The van der Waals surface area contributed by atoms with Gasteiger partial charge in [-0.15, -0.1) is 6.42 Å². The third-order valence-electron chi connectivity index (χ3n) is 4.25. The van der Waals surface area contributed by atoms with Crippen molar-refractivity contribution in [3.8, 4) is 23.5 Å². The van der Waals surface area contributed by atoms with Gasteiger partial charge in [0.2, 0.25) is 0 Å². The molecule has 1 aliphatic rings. The third kappa shape index (κ3) is 4.17. The van der Waals surface area contributed by atoms with Crippen molar-refractivity contribution in [2.75, 3.05) is 5.32 Å². The second-order valence-corrected chi connectivity index (χ2v) is 7.92. The molecule has 1 aromatic carbocycles. The molecule has 6 heteroatoms. The highest BCUT2D eigenvalue weighted by atomic mass is 35.5. The van der Waals surface area contributed by atoms with Gasteiger partial charge in [0.15, 0.2) is 0 Å². The Hall–Kier alpha value is -2.71. The lowest BCUT2D eigenvalue weighted by molar-refractivity contribution is 0.0636. The van der Waals surface area contributed by atoms with Crippen LogP contribution in [0.15, 0.2) is 35.1 Å². The number of carbonyl (C=O) groups excluding carboxylic acids is 1. The van der Waals surface area contributed by atoms with Crippen molar-refractivity contribution < 1.29 is 9.53 Å². The molecule has 2 heterocycles. The Morgan fingerprint density at radius 3 is 2.74 bits per heavy atom. The first-order valence-electron chi connectivity index (χ1n) is 8.69. The highest BCUT2D eigenvalue weighted by Gasteiger charge is 2.23. The van der Waals surface area contributed by atoms with Crippen molar-refractivity contribution in [1.29, 1.82) is 0 Å². The van der Waals surface area contributed by atoms with E-state index in [1.54, 1.807) is 43.5 Å². The molecule has 5 nitrogen and oxygen atoms in total. The van der Waals surface area contributed by atoms with Crippen molar-refractivity contribution in [1.82, 2.24) is 4.57 Å². The van der Waals surface area contributed by atoms with Gasteiger partial charge in [-0.25, -0.2) is 4.79 Å². The first-order valence-corrected chi connectivity index (χ1v) is 9.07. The van der Waals surface area contributed by atoms with Gasteiger partial charge in [-0.2, -0.15) is 0 Å². The molecule has 0 saturated heterocycles. The number of nitrogens with one attached hydrogen (secondary N) is 1. The monoisotopic (exact) mass is 384 g/mol. The Bertz CT molecular complexity index is 996. The SMILES string of the molecule is C#CC1CCc2cc(-c3cc(Cl)ccc3NC(=O)OC(C)(C)C)cc(=O)n21. The minimum absolute atomic E-state index is 0.161. The fraction of sp³-hybridized carbons (Fsp3) is 0.333. The molecule has 2 aromatic rings. The number of rotatable bonds is 2. The zero-order valence-corrected chi connectivity index (χ0v) is 16.3. The number of halogens is 1. The number of aromatic nitrogens is 1. The Balaban J connectivity index is 2.02. The first-order chi connectivity index (χ1) is 12.7. The molecule has 1 aliphatic heterocycles. The Labute approximate surface area is 163 Å². The minimum atomic E-state index is -0.618. The van der Waals surface area contributed by atoms with Gasteiger partial charge in [0.1, 0.15) is 5.60 Å². The molecular formula is C21H21ClN2O3. The summed E-state index contributed by atoms with van der Waals surface area (Å²) in [5, 5.41) is 3.24. The normalized spacial score (nSPS) is 15.7. The average Bonchev–Trinajstić information content (AvgIpc) is 2.98. The molecule has 0 saturated carbocycles. The van der Waals surface area contributed by atoms with Crippen molar-refractivity contribution in [3.05, 3.63) is 51.4 Å². The number of benzene rings is 1. The number of pyridine rings is 1. The van der Waals surface area contributed by atoms with Crippen LogP contribution >= 0.6 is 11.6 Å². The molecule has 140 valence electrons. The van der Waals surface area contributed by atoms with Crippen molar-refractivity contribution in [3.63, 3.8) is 0 Å². The summed E-state index contributed by atoms with van der Waals surface area (Å²) >= 11 is 6.16. The molecule has 0 spiro atoms. The van der Waals surface area contributed by atoms with E-state index in [4.69, 9.17) is 22.8 Å². The fourth-order valence-corrected chi connectivity index (χ4v) is 3.36. The maximum atomic E-state index is 12.6. The minimum Gasteiger partial charge on any atom is -0.444 e. The summed E-state index contributed by atoms with van der Waals surface area (Å²) in [7, 11) is 0. The maximum Gasteiger partial charge on any atom is 0.412 e. The van der Waals surface area contributed by atoms with E-state index < -0.39 is 11.7 Å². The molecule has 27 heavy (non-hydrogen) atoms. The van der Waals surface area contributed by atoms with Crippen LogP contribution in [-0.4, -0.2) is 16.3 Å². The second-order valence-electron chi connectivity index (χ2n) is 7.48. The van der Waals surface area contributed by atoms with Crippen molar-refractivity contribution in [2.45, 2.75) is 45.3 Å². The summed E-state index contributed by atoms with van der Waals surface area (Å²) in [4.78, 5) is 24.8. The topological polar surface area (TPSA) is 60.3 Å². The number of amides is 1. The number of ether oxygens (including phenoxy) is 1. The van der Waals surface area contributed by atoms with Gasteiger partial charge in [-0.05, 0) is 63.4 Å². The lowest BCUT2D eigenvalue weighted by atomic mass is 10.0. The van der Waals surface area contributed by atoms with Crippen LogP contribution in [0.5, 0.6) is 0 Å². The third-order valence-corrected chi connectivity index (χ3v) is 4.49. The number of aryl methyl sites for hydroxylation is 1. The average molecular weight is 385 g/mol. The molecule has 0 aliphatic carbocycles. The summed E-state index contributed by atoms with van der Waals surface area (Å²) < 4.78 is 6.97. The van der Waals surface area contributed by atoms with Crippen LogP contribution in [0.25, 0.3) is 11.1 Å². The summed E-state index contributed by atoms with van der Waals surface area (Å²) in [6, 6.07) is 8.31. The number of anilines is 1. The highest BCUT2D eigenvalue weighted by Crippen LogP contribution is 2.33. The van der Waals surface area contributed by atoms with Crippen LogP contribution in [0.4, 0.5) is 10.5 Å². The van der Waals surface area contributed by atoms with Gasteiger partial charge in [0.25, 0.3) is 5.56 Å². The van der Waals surface area contributed by atoms with E-state index in [1.807, 2.05) is 6.07 Å². The quantitative estimate of drug-likeness (QED) is 0.767. The van der Waals surface area contributed by atoms with Crippen LogP contribution in [0, 0.1) is 12.3 Å². The predicted octanol–water partition coefficient (Wildman–Crippen LogP) is 4.64. The van der Waals surface area contributed by atoms with Gasteiger partial charge >= 0.3 is 6.09 Å². The largest absolute Gasteiger partial charge is 0.444 e. The molecule has 1 N–H and O–H groups in total. The van der Waals surface area contributed by atoms with Crippen LogP contribution in [0.2, 0.25) is 5.02 Å². The number of hydrogen-bond acceptors (Lipinski definition) is 3. The molecule has 0 bridgehead atoms. The van der Waals surface area contributed by atoms with Gasteiger partial charge in [0, 0.05) is 22.3 Å². The molecule has 3 rings (SSSR count). The van der Waals surface area contributed by atoms with Gasteiger partial charge in [-0.1, -0.05) is 17.5 Å². The molecule has 1 unspecified atom stereocenters. The standard InChI is InChI=1S/C21H21ClN2O3/c1-5-15-7-8-16-10-13(11-19(25)24(15)16)17-12-14(22)6-9-18(17)23-20(26)27-21(2,3)4/h1,6,9-12,15H,7-8H2,2-4H3,(H,23,26). The predicted molar refractivity (Wildman–Crippen MR) is 107 cm³/mol. The van der Waals surface area contributed by atoms with Gasteiger partial charge in [0.05, 0.1) is 11.7 Å². The van der Waals surface area contributed by atoms with E-state index in [9.17, 15) is 9.59 Å². The van der Waals surface area contributed by atoms with Crippen LogP contribution in [0.3, 0.4) is 0 Å². The number of nitrogens with zero attached hydrogens (tertiary/aromatic N) is 1. The molecule has 1 aromatic heterocycles. The van der Waals surface area contributed by atoms with E-state index in [2.05, 4.69) is 11.2 Å². The zero-order valence-electron chi connectivity index (χ0n) is 15.5. The number of carbonyl (C=O) groups is 1.